The number of nitrogens with zero attached hydrogens (tertiary/aromatic N) is 5. The highest BCUT2D eigenvalue weighted by Crippen LogP contribution is 2.39. The van der Waals surface area contributed by atoms with Crippen molar-refractivity contribution in [2.24, 2.45) is 0 Å². The number of anilines is 1. The van der Waals surface area contributed by atoms with Crippen molar-refractivity contribution >= 4 is 11.6 Å². The number of aromatic nitrogens is 3. The number of hydrogen-bond donors (Lipinski definition) is 1. The molecule has 2 aliphatic carbocycles. The molecule has 0 radical (unpaired) electrons. The minimum absolute atomic E-state index is 0.128. The third kappa shape index (κ3) is 4.74. The second-order valence-electron chi connectivity index (χ2n) is 10.00. The lowest BCUT2D eigenvalue weighted by molar-refractivity contribution is 0.102. The number of para-hydroxylation sites is 1. The molecule has 0 atom stereocenters. The van der Waals surface area contributed by atoms with E-state index in [2.05, 4.69) is 25.3 Å². The Morgan fingerprint density at radius 3 is 2.45 bits per heavy atom. The van der Waals surface area contributed by atoms with Gasteiger partial charge < -0.3 is 5.32 Å². The molecular formula is C29H30F2N6O. The number of amides is 1. The van der Waals surface area contributed by atoms with Crippen molar-refractivity contribution in [2.45, 2.75) is 32.1 Å². The molecular weight excluding hydrogens is 486 g/mol. The van der Waals surface area contributed by atoms with Gasteiger partial charge in [0.05, 0.1) is 5.56 Å². The molecule has 7 nitrogen and oxygen atoms in total. The highest BCUT2D eigenvalue weighted by Gasteiger charge is 2.34. The maximum Gasteiger partial charge on any atom is 0.258 e. The second-order valence-corrected chi connectivity index (χ2v) is 10.00. The lowest BCUT2D eigenvalue weighted by Gasteiger charge is -2.37. The van der Waals surface area contributed by atoms with Crippen LogP contribution in [0.25, 0.3) is 11.4 Å². The quantitative estimate of drug-likeness (QED) is 0.414. The highest BCUT2D eigenvalue weighted by molar-refractivity contribution is 6.10. The van der Waals surface area contributed by atoms with Gasteiger partial charge in [0.25, 0.3) is 5.91 Å². The van der Waals surface area contributed by atoms with E-state index >= 15 is 0 Å². The van der Waals surface area contributed by atoms with E-state index in [1.165, 1.54) is 17.7 Å². The normalized spacial score (nSPS) is 16.0. The molecule has 6 rings (SSSR count). The summed E-state index contributed by atoms with van der Waals surface area (Å²) in [6, 6.07) is 13.6. The first-order valence-corrected chi connectivity index (χ1v) is 13.2. The van der Waals surface area contributed by atoms with Crippen LogP contribution in [-0.4, -0.2) is 58.4 Å². The van der Waals surface area contributed by atoms with Gasteiger partial charge in [-0.05, 0) is 73.1 Å². The van der Waals surface area contributed by atoms with E-state index in [0.717, 1.165) is 80.9 Å². The van der Waals surface area contributed by atoms with Crippen molar-refractivity contribution in [3.05, 3.63) is 88.7 Å². The molecule has 2 heterocycles. The van der Waals surface area contributed by atoms with Gasteiger partial charge in [0.2, 0.25) is 0 Å². The molecule has 0 aromatic heterocycles. The predicted octanol–water partition coefficient (Wildman–Crippen LogP) is 4.29. The average Bonchev–Trinajstić information content (AvgIpc) is 3.29. The van der Waals surface area contributed by atoms with Gasteiger partial charge in [0, 0.05) is 38.4 Å². The summed E-state index contributed by atoms with van der Waals surface area (Å²) >= 11 is 0. The van der Waals surface area contributed by atoms with Crippen molar-refractivity contribution in [1.82, 2.24) is 19.8 Å². The Morgan fingerprint density at radius 1 is 0.921 bits per heavy atom. The van der Waals surface area contributed by atoms with E-state index in [0.29, 0.717) is 17.7 Å². The lowest BCUT2D eigenvalue weighted by atomic mass is 9.93. The van der Waals surface area contributed by atoms with Crippen LogP contribution in [0.1, 0.15) is 39.9 Å². The van der Waals surface area contributed by atoms with Crippen LogP contribution in [0.15, 0.2) is 54.9 Å². The van der Waals surface area contributed by atoms with Gasteiger partial charge in [0.1, 0.15) is 17.7 Å². The number of nitrogens with one attached hydrogen (secondary N) is 1. The number of halogens is 2. The fourth-order valence-electron chi connectivity index (χ4n) is 5.68. The average molecular weight is 517 g/mol. The van der Waals surface area contributed by atoms with Crippen LogP contribution in [-0.2, 0) is 19.3 Å². The largest absolute Gasteiger partial charge is 0.322 e. The zero-order valence-electron chi connectivity index (χ0n) is 21.2. The summed E-state index contributed by atoms with van der Waals surface area (Å²) in [6.45, 7) is 3.96. The Hall–Kier alpha value is -3.85. The Morgan fingerprint density at radius 2 is 1.68 bits per heavy atom. The van der Waals surface area contributed by atoms with Gasteiger partial charge in [0.15, 0.2) is 11.6 Å². The molecule has 1 saturated heterocycles. The van der Waals surface area contributed by atoms with Crippen molar-refractivity contribution in [1.29, 1.82) is 0 Å². The molecule has 1 amide bonds. The number of benzene rings is 2. The number of piperazine rings is 1. The van der Waals surface area contributed by atoms with Crippen LogP contribution in [0.5, 0.6) is 0 Å². The molecule has 2 aliphatic heterocycles. The summed E-state index contributed by atoms with van der Waals surface area (Å²) in [7, 11) is 0. The van der Waals surface area contributed by atoms with Gasteiger partial charge in [-0.3, -0.25) is 14.7 Å². The van der Waals surface area contributed by atoms with Gasteiger partial charge in [-0.25, -0.2) is 13.8 Å². The van der Waals surface area contributed by atoms with Gasteiger partial charge in [-0.1, -0.05) is 24.3 Å². The maximum absolute atomic E-state index is 13.6. The fraction of sp³-hybridized carbons (Fsp3) is 0.345. The molecule has 38 heavy (non-hydrogen) atoms. The summed E-state index contributed by atoms with van der Waals surface area (Å²) in [4.78, 5) is 22.4. The third-order valence-electron chi connectivity index (χ3n) is 7.64. The minimum atomic E-state index is -0.814. The van der Waals surface area contributed by atoms with Crippen molar-refractivity contribution in [3.8, 4) is 11.4 Å². The summed E-state index contributed by atoms with van der Waals surface area (Å²) in [6.07, 6.45) is 6.12. The fourth-order valence-corrected chi connectivity index (χ4v) is 5.68. The van der Waals surface area contributed by atoms with E-state index in [1.54, 1.807) is 12.4 Å². The molecule has 0 spiro atoms. The molecule has 9 heteroatoms. The van der Waals surface area contributed by atoms with Crippen LogP contribution < -0.4 is 10.3 Å². The van der Waals surface area contributed by atoms with Gasteiger partial charge in [-0.2, -0.15) is 4.79 Å². The highest BCUT2D eigenvalue weighted by atomic mass is 19.2. The Bertz CT molecular complexity index is 1410. The number of hydrogen-bond acceptors (Lipinski definition) is 5. The van der Waals surface area contributed by atoms with E-state index in [-0.39, 0.29) is 5.91 Å². The summed E-state index contributed by atoms with van der Waals surface area (Å²) < 4.78 is 26.8. The molecule has 2 aromatic carbocycles. The number of carbonyl (C=O) groups is 1. The van der Waals surface area contributed by atoms with Gasteiger partial charge >= 0.3 is 0 Å². The standard InChI is InChI=1S/C29H30F2N6O/c30-24-11-10-20(18-25(24)31)12-13-35-14-16-36(17-15-35)37-28-23-9-5-4-8-22(23)26(27(28)32-19-33-37)29(38)34-21-6-2-1-3-7-21/h1-3,6-7,10-11,18-19H,4-5,8-9,12-17H2,(H,34,38). The SMILES string of the molecule is O=C(Nc1ccccc1)c1c2ncnn(N3CCN(CCc4ccc(F)c(F)c4)CC3)c-2c2c1CCCC2. The zero-order chi connectivity index (χ0) is 26.1. The molecule has 2 aromatic rings. The van der Waals surface area contributed by atoms with Crippen molar-refractivity contribution in [3.63, 3.8) is 0 Å². The number of rotatable bonds is 6. The topological polar surface area (TPSA) is 66.3 Å². The van der Waals surface area contributed by atoms with Crippen LogP contribution in [0.4, 0.5) is 14.5 Å². The predicted molar refractivity (Wildman–Crippen MR) is 142 cm³/mol. The second kappa shape index (κ2) is 10.5. The van der Waals surface area contributed by atoms with Gasteiger partial charge in [-0.15, -0.1) is 5.10 Å². The van der Waals surface area contributed by atoms with E-state index in [1.807, 2.05) is 35.1 Å². The van der Waals surface area contributed by atoms with Crippen LogP contribution >= 0.6 is 0 Å². The van der Waals surface area contributed by atoms with Crippen molar-refractivity contribution in [2.75, 3.05) is 43.0 Å². The molecule has 1 N–H and O–H groups in total. The molecule has 0 saturated carbocycles. The Balaban J connectivity index is 1.20. The number of fused-ring (bicyclic) bond motifs is 3. The summed E-state index contributed by atoms with van der Waals surface area (Å²) in [5.74, 6) is -1.74. The molecule has 196 valence electrons. The first-order valence-electron chi connectivity index (χ1n) is 13.2. The monoisotopic (exact) mass is 516 g/mol. The van der Waals surface area contributed by atoms with Crippen LogP contribution in [0, 0.1) is 11.6 Å². The molecule has 0 unspecified atom stereocenters. The number of carbonyl (C=O) groups excluding carboxylic acids is 1. The minimum Gasteiger partial charge on any atom is -0.322 e. The molecule has 4 aliphatic rings. The maximum atomic E-state index is 13.6. The molecule has 0 bridgehead atoms. The summed E-state index contributed by atoms with van der Waals surface area (Å²) in [5.41, 5.74) is 6.15. The Kier molecular flexibility index (Phi) is 6.76. The Labute approximate surface area is 220 Å². The first-order chi connectivity index (χ1) is 18.6. The van der Waals surface area contributed by atoms with Crippen LogP contribution in [0.2, 0.25) is 0 Å². The smallest absolute Gasteiger partial charge is 0.258 e. The third-order valence-corrected chi connectivity index (χ3v) is 7.64. The van der Waals surface area contributed by atoms with E-state index in [4.69, 9.17) is 0 Å². The summed E-state index contributed by atoms with van der Waals surface area (Å²) in [5, 5.41) is 9.90. The lowest BCUT2D eigenvalue weighted by Crippen LogP contribution is -2.52. The molecule has 1 fully saturated rings. The first kappa shape index (κ1) is 24.5. The van der Waals surface area contributed by atoms with E-state index in [9.17, 15) is 13.6 Å². The van der Waals surface area contributed by atoms with Crippen molar-refractivity contribution < 1.29 is 13.6 Å². The van der Waals surface area contributed by atoms with E-state index < -0.39 is 11.6 Å². The zero-order valence-corrected chi connectivity index (χ0v) is 21.2. The van der Waals surface area contributed by atoms with Crippen LogP contribution in [0.3, 0.4) is 0 Å².